The fourth-order valence-electron chi connectivity index (χ4n) is 9.48. The molecular weight excluding hydrogens is 1060 g/mol. The van der Waals surface area contributed by atoms with Gasteiger partial charge in [-0.15, -0.1) is 0 Å². The van der Waals surface area contributed by atoms with E-state index >= 15 is 0 Å². The topological polar surface area (TPSA) is 351 Å². The van der Waals surface area contributed by atoms with Crippen LogP contribution in [-0.2, 0) is 52.7 Å². The first-order valence-electron chi connectivity index (χ1n) is 25.4. The summed E-state index contributed by atoms with van der Waals surface area (Å²) in [5.41, 5.74) is 15.8. The number of rotatable bonds is 12. The minimum atomic E-state index is -3.67. The van der Waals surface area contributed by atoms with E-state index in [1.807, 2.05) is 0 Å². The van der Waals surface area contributed by atoms with Gasteiger partial charge in [-0.2, -0.15) is 17.0 Å². The van der Waals surface area contributed by atoms with Gasteiger partial charge in [-0.1, -0.05) is 0 Å². The molecule has 10 heterocycles. The number of nitrogens with zero attached hydrogens (tertiary/aromatic N) is 18. The van der Waals surface area contributed by atoms with Crippen molar-refractivity contribution in [1.82, 2.24) is 67.6 Å². The molecule has 6 aromatic heterocycles. The highest BCUT2D eigenvalue weighted by molar-refractivity contribution is 7.88. The van der Waals surface area contributed by atoms with Crippen LogP contribution in [-0.4, -0.2) is 221 Å². The van der Waals surface area contributed by atoms with Gasteiger partial charge in [0.2, 0.25) is 43.8 Å². The summed E-state index contributed by atoms with van der Waals surface area (Å²) in [6.45, 7) is 11.0. The molecule has 4 aliphatic heterocycles. The molecule has 0 spiro atoms. The molecule has 2 saturated carbocycles. The Kier molecular flexibility index (Phi) is 15.6. The number of hydrogen-bond acceptors (Lipinski definition) is 24. The average molecular weight is 1130 g/mol. The van der Waals surface area contributed by atoms with Gasteiger partial charge >= 0.3 is 0 Å². The number of nitrogen functional groups attached to an aromatic ring is 2. The summed E-state index contributed by atoms with van der Waals surface area (Å²) in [6.07, 6.45) is 14.5. The second kappa shape index (κ2) is 22.2. The maximum Gasteiger partial charge on any atom is 0.261 e. The molecule has 0 unspecified atom stereocenters. The predicted octanol–water partition coefficient (Wildman–Crippen LogP) is -0.109. The normalized spacial score (nSPS) is 19.3. The standard InChI is InChI=1S/2C22H30N10O3S.CH4O3S/c2*1-36(33,34)31-6-4-30(5-7-31)22-26-17-19(29-8-10-35-11-9-29)27-18(16-12-24-21(23)25-13-16)28-20(17)32(22)14-15-2-3-15;1-5(2,3)4/h2*12-13,15H,2-11,14H2,1H3,(H2,23,24,25);1H3,(H,2,3,4). The SMILES string of the molecule is CS(=O)(=O)N1CCN(c2nc3c(N4CCOCC4)nc(-c4cnc(N)nc4)nc3n2CC2CC2)CC1.CS(=O)(=O)N1CCN(c2nc3c(N4CCOCC4)nc(-c4cnc(N)nc4)nc3n2CC2CC2)CC1.CS(=O)(=O)O. The van der Waals surface area contributed by atoms with Crippen molar-refractivity contribution in [2.75, 3.05) is 155 Å². The lowest BCUT2D eigenvalue weighted by Gasteiger charge is -2.34. The number of ether oxygens (including phenoxy) is 2. The molecule has 32 heteroatoms. The van der Waals surface area contributed by atoms with E-state index in [4.69, 9.17) is 55.4 Å². The van der Waals surface area contributed by atoms with E-state index in [1.165, 1.54) is 46.8 Å². The van der Waals surface area contributed by atoms with Crippen LogP contribution in [0.4, 0.5) is 35.4 Å². The molecule has 5 N–H and O–H groups in total. The maximum atomic E-state index is 12.0. The van der Waals surface area contributed by atoms with Gasteiger partial charge in [-0.05, 0) is 37.5 Å². The molecular formula is C45H64N20O9S3. The zero-order valence-corrected chi connectivity index (χ0v) is 45.6. The van der Waals surface area contributed by atoms with E-state index in [0.29, 0.717) is 146 Å². The van der Waals surface area contributed by atoms with Crippen molar-refractivity contribution in [3.05, 3.63) is 24.8 Å². The van der Waals surface area contributed by atoms with Crippen LogP contribution in [0.25, 0.3) is 45.1 Å². The molecule has 0 aromatic carbocycles. The van der Waals surface area contributed by atoms with Crippen molar-refractivity contribution in [1.29, 1.82) is 0 Å². The van der Waals surface area contributed by atoms with Gasteiger partial charge in [-0.25, -0.2) is 66.7 Å². The lowest BCUT2D eigenvalue weighted by Crippen LogP contribution is -2.49. The van der Waals surface area contributed by atoms with Crippen LogP contribution in [0.1, 0.15) is 25.7 Å². The number of anilines is 6. The number of morpholine rings is 2. The smallest absolute Gasteiger partial charge is 0.261 e. The van der Waals surface area contributed by atoms with E-state index < -0.39 is 30.2 Å². The monoisotopic (exact) mass is 1120 g/mol. The molecule has 6 aromatic rings. The number of imidazole rings is 2. The quantitative estimate of drug-likeness (QED) is 0.135. The zero-order valence-electron chi connectivity index (χ0n) is 43.2. The Morgan fingerprint density at radius 1 is 0.494 bits per heavy atom. The van der Waals surface area contributed by atoms with Crippen molar-refractivity contribution in [2.24, 2.45) is 11.8 Å². The summed E-state index contributed by atoms with van der Waals surface area (Å²) in [6, 6.07) is 0. The molecule has 416 valence electrons. The molecule has 0 radical (unpaired) electrons. The van der Waals surface area contributed by atoms with Gasteiger partial charge in [0.05, 0.1) is 56.3 Å². The van der Waals surface area contributed by atoms with Crippen LogP contribution >= 0.6 is 0 Å². The van der Waals surface area contributed by atoms with Crippen LogP contribution in [0, 0.1) is 11.8 Å². The van der Waals surface area contributed by atoms with Crippen molar-refractivity contribution in [3.63, 3.8) is 0 Å². The number of fused-ring (bicyclic) bond motifs is 2. The van der Waals surface area contributed by atoms with Crippen molar-refractivity contribution in [2.45, 2.75) is 38.8 Å². The van der Waals surface area contributed by atoms with Gasteiger partial charge < -0.3 is 40.5 Å². The van der Waals surface area contributed by atoms with E-state index in [2.05, 4.69) is 48.7 Å². The van der Waals surface area contributed by atoms with Gasteiger partial charge in [-0.3, -0.25) is 13.7 Å². The molecule has 77 heavy (non-hydrogen) atoms. The van der Waals surface area contributed by atoms with Gasteiger partial charge in [0, 0.05) is 116 Å². The first kappa shape index (κ1) is 54.1. The second-order valence-corrected chi connectivity index (χ2v) is 25.3. The van der Waals surface area contributed by atoms with Crippen molar-refractivity contribution >= 4 is 87.9 Å². The molecule has 0 amide bonds. The number of nitrogens with two attached hydrogens (primary N) is 2. The predicted molar refractivity (Wildman–Crippen MR) is 288 cm³/mol. The summed E-state index contributed by atoms with van der Waals surface area (Å²) in [7, 11) is -10.1. The Morgan fingerprint density at radius 3 is 1.12 bits per heavy atom. The van der Waals surface area contributed by atoms with Gasteiger partial charge in [0.25, 0.3) is 10.1 Å². The second-order valence-electron chi connectivity index (χ2n) is 19.9. The average Bonchev–Trinajstić information content (AvgIpc) is 4.37. The van der Waals surface area contributed by atoms with Crippen molar-refractivity contribution in [3.8, 4) is 22.8 Å². The number of sulfonamides is 2. The molecule has 6 fully saturated rings. The Labute approximate surface area is 445 Å². The highest BCUT2D eigenvalue weighted by Gasteiger charge is 2.34. The third kappa shape index (κ3) is 13.2. The summed E-state index contributed by atoms with van der Waals surface area (Å²) in [5.74, 6) is 5.78. The lowest BCUT2D eigenvalue weighted by molar-refractivity contribution is 0.122. The van der Waals surface area contributed by atoms with Crippen LogP contribution in [0.15, 0.2) is 24.8 Å². The molecule has 2 aliphatic carbocycles. The Morgan fingerprint density at radius 2 is 0.818 bits per heavy atom. The van der Waals surface area contributed by atoms with E-state index in [9.17, 15) is 25.3 Å². The molecule has 12 rings (SSSR count). The minimum Gasteiger partial charge on any atom is -0.378 e. The van der Waals surface area contributed by atoms with Crippen LogP contribution in [0.2, 0.25) is 0 Å². The third-order valence-electron chi connectivity index (χ3n) is 13.8. The Balaban J connectivity index is 0.000000161. The number of aromatic nitrogens is 12. The molecule has 29 nitrogen and oxygen atoms in total. The lowest BCUT2D eigenvalue weighted by atomic mass is 10.3. The summed E-state index contributed by atoms with van der Waals surface area (Å²) >= 11 is 0. The first-order chi connectivity index (χ1) is 36.7. The zero-order chi connectivity index (χ0) is 54.2. The Bertz CT molecular complexity index is 3190. The van der Waals surface area contributed by atoms with Gasteiger partial charge in [0.1, 0.15) is 0 Å². The van der Waals surface area contributed by atoms with E-state index in [-0.39, 0.29) is 11.9 Å². The largest absolute Gasteiger partial charge is 0.378 e. The highest BCUT2D eigenvalue weighted by atomic mass is 32.2. The molecule has 4 saturated heterocycles. The van der Waals surface area contributed by atoms with Crippen LogP contribution < -0.4 is 31.1 Å². The molecule has 0 bridgehead atoms. The fourth-order valence-corrected chi connectivity index (χ4v) is 11.1. The highest BCUT2D eigenvalue weighted by Crippen LogP contribution is 2.39. The Hall–Kier alpha value is -6.29. The summed E-state index contributed by atoms with van der Waals surface area (Å²) in [4.78, 5) is 55.2. The van der Waals surface area contributed by atoms with E-state index in [0.717, 1.165) is 58.9 Å². The first-order valence-corrected chi connectivity index (χ1v) is 31.0. The number of piperazine rings is 2. The minimum absolute atomic E-state index is 0.197. The third-order valence-corrected chi connectivity index (χ3v) is 16.5. The maximum absolute atomic E-state index is 12.0. The molecule has 0 atom stereocenters. The van der Waals surface area contributed by atoms with Crippen LogP contribution in [0.5, 0.6) is 0 Å². The van der Waals surface area contributed by atoms with Crippen molar-refractivity contribution < 1.29 is 39.3 Å². The summed E-state index contributed by atoms with van der Waals surface area (Å²) in [5, 5.41) is 0. The summed E-state index contributed by atoms with van der Waals surface area (Å²) < 4.78 is 92.6. The fraction of sp³-hybridized carbons (Fsp3) is 0.600. The van der Waals surface area contributed by atoms with E-state index in [1.54, 1.807) is 24.8 Å². The van der Waals surface area contributed by atoms with Gasteiger partial charge in [0.15, 0.2) is 45.6 Å². The molecule has 6 aliphatic rings. The number of hydrogen-bond donors (Lipinski definition) is 3. The van der Waals surface area contributed by atoms with Crippen LogP contribution in [0.3, 0.4) is 0 Å².